The highest BCUT2D eigenvalue weighted by molar-refractivity contribution is 5.74. The summed E-state index contributed by atoms with van der Waals surface area (Å²) in [6, 6.07) is 7.14. The molecule has 0 fully saturated rings. The minimum atomic E-state index is 0.554. The van der Waals surface area contributed by atoms with Gasteiger partial charge in [-0.3, -0.25) is 4.79 Å². The van der Waals surface area contributed by atoms with Crippen molar-refractivity contribution in [3.63, 3.8) is 0 Å². The van der Waals surface area contributed by atoms with Crippen LogP contribution in [0, 0.1) is 0 Å². The van der Waals surface area contributed by atoms with Crippen molar-refractivity contribution in [2.75, 3.05) is 19.8 Å². The van der Waals surface area contributed by atoms with E-state index in [9.17, 15) is 4.79 Å². The van der Waals surface area contributed by atoms with E-state index in [-0.39, 0.29) is 0 Å². The summed E-state index contributed by atoms with van der Waals surface area (Å²) in [5.74, 6) is 0.781. The molecule has 0 amide bonds. The first kappa shape index (κ1) is 21.7. The van der Waals surface area contributed by atoms with Gasteiger partial charge in [-0.25, -0.2) is 0 Å². The topological polar surface area (TPSA) is 35.5 Å². The normalized spacial score (nSPS) is 10.8. The van der Waals surface area contributed by atoms with Crippen LogP contribution < -0.4 is 4.74 Å². The molecule has 0 aliphatic heterocycles. The van der Waals surface area contributed by atoms with Crippen LogP contribution in [-0.2, 0) is 4.74 Å². The van der Waals surface area contributed by atoms with Crippen molar-refractivity contribution in [2.24, 2.45) is 0 Å². The Kier molecular flexibility index (Phi) is 14.0. The highest BCUT2D eigenvalue weighted by Crippen LogP contribution is 2.12. The lowest BCUT2D eigenvalue weighted by molar-refractivity contribution is 0.0970. The second kappa shape index (κ2) is 16.1. The molecule has 1 rings (SSSR count). The molecule has 0 N–H and O–H groups in total. The zero-order valence-corrected chi connectivity index (χ0v) is 16.0. The summed E-state index contributed by atoms with van der Waals surface area (Å²) in [5, 5.41) is 0. The summed E-state index contributed by atoms with van der Waals surface area (Å²) in [7, 11) is 0. The van der Waals surface area contributed by atoms with E-state index in [1.165, 1.54) is 64.2 Å². The van der Waals surface area contributed by atoms with Gasteiger partial charge >= 0.3 is 0 Å². The van der Waals surface area contributed by atoms with E-state index in [2.05, 4.69) is 6.92 Å². The Labute approximate surface area is 154 Å². The quantitative estimate of drug-likeness (QED) is 0.248. The minimum Gasteiger partial charge on any atom is -0.491 e. The first-order valence-electron chi connectivity index (χ1n) is 10.1. The lowest BCUT2D eigenvalue weighted by Crippen LogP contribution is -2.07. The Morgan fingerprint density at radius 1 is 0.720 bits per heavy atom. The molecule has 3 nitrogen and oxygen atoms in total. The van der Waals surface area contributed by atoms with Crippen LogP contribution in [0.2, 0.25) is 0 Å². The maximum atomic E-state index is 10.6. The number of carbonyl (C=O) groups excluding carboxylic acids is 1. The van der Waals surface area contributed by atoms with Gasteiger partial charge < -0.3 is 9.47 Å². The fourth-order valence-electron chi connectivity index (χ4n) is 2.83. The molecule has 1 aromatic rings. The number of hydrogen-bond donors (Lipinski definition) is 0. The Morgan fingerprint density at radius 3 is 1.84 bits per heavy atom. The molecule has 25 heavy (non-hydrogen) atoms. The van der Waals surface area contributed by atoms with Crippen LogP contribution in [0.15, 0.2) is 24.3 Å². The number of aldehydes is 1. The van der Waals surface area contributed by atoms with Gasteiger partial charge in [-0.15, -0.1) is 0 Å². The number of rotatable bonds is 17. The molecule has 0 unspecified atom stereocenters. The maximum absolute atomic E-state index is 10.6. The molecular weight excluding hydrogens is 312 g/mol. The first-order chi connectivity index (χ1) is 12.4. The molecule has 3 heteroatoms. The number of carbonyl (C=O) groups is 1. The van der Waals surface area contributed by atoms with Gasteiger partial charge in [0.25, 0.3) is 0 Å². The molecule has 0 bridgehead atoms. The third-order valence-corrected chi connectivity index (χ3v) is 4.40. The monoisotopic (exact) mass is 348 g/mol. The van der Waals surface area contributed by atoms with Gasteiger partial charge in [-0.05, 0) is 30.7 Å². The van der Waals surface area contributed by atoms with Gasteiger partial charge in [0, 0.05) is 12.2 Å². The molecule has 142 valence electrons. The van der Waals surface area contributed by atoms with Gasteiger partial charge in [0.05, 0.1) is 6.61 Å². The largest absolute Gasteiger partial charge is 0.491 e. The number of hydrogen-bond acceptors (Lipinski definition) is 3. The Bertz CT molecular complexity index is 414. The zero-order chi connectivity index (χ0) is 18.0. The van der Waals surface area contributed by atoms with E-state index < -0.39 is 0 Å². The summed E-state index contributed by atoms with van der Waals surface area (Å²) in [5.41, 5.74) is 0.667. The molecule has 0 aliphatic carbocycles. The van der Waals surface area contributed by atoms with Crippen LogP contribution in [0.4, 0.5) is 0 Å². The van der Waals surface area contributed by atoms with Crippen molar-refractivity contribution >= 4 is 6.29 Å². The van der Waals surface area contributed by atoms with E-state index in [1.54, 1.807) is 12.1 Å². The van der Waals surface area contributed by atoms with E-state index in [0.717, 1.165) is 25.1 Å². The molecule has 0 aliphatic rings. The Hall–Kier alpha value is -1.35. The molecule has 0 heterocycles. The summed E-state index contributed by atoms with van der Waals surface area (Å²) < 4.78 is 11.2. The molecule has 1 aromatic carbocycles. The zero-order valence-electron chi connectivity index (χ0n) is 16.0. The lowest BCUT2D eigenvalue weighted by Gasteiger charge is -2.07. The third-order valence-electron chi connectivity index (χ3n) is 4.40. The van der Waals surface area contributed by atoms with Crippen molar-refractivity contribution in [1.82, 2.24) is 0 Å². The van der Waals surface area contributed by atoms with Crippen molar-refractivity contribution in [3.05, 3.63) is 29.8 Å². The highest BCUT2D eigenvalue weighted by atomic mass is 16.5. The average molecular weight is 349 g/mol. The Morgan fingerprint density at radius 2 is 1.28 bits per heavy atom. The second-order valence-electron chi connectivity index (χ2n) is 6.68. The van der Waals surface area contributed by atoms with Gasteiger partial charge in [-0.2, -0.15) is 0 Å². The first-order valence-corrected chi connectivity index (χ1v) is 10.1. The number of unbranched alkanes of at least 4 members (excludes halogenated alkanes) is 10. The predicted molar refractivity (Wildman–Crippen MR) is 105 cm³/mol. The van der Waals surface area contributed by atoms with Crippen LogP contribution in [-0.4, -0.2) is 26.1 Å². The van der Waals surface area contributed by atoms with Crippen LogP contribution >= 0.6 is 0 Å². The summed E-state index contributed by atoms with van der Waals surface area (Å²) >= 11 is 0. The molecule has 0 atom stereocenters. The van der Waals surface area contributed by atoms with Gasteiger partial charge in [0.15, 0.2) is 0 Å². The van der Waals surface area contributed by atoms with Crippen molar-refractivity contribution in [1.29, 1.82) is 0 Å². The van der Waals surface area contributed by atoms with Crippen molar-refractivity contribution in [2.45, 2.75) is 77.6 Å². The van der Waals surface area contributed by atoms with E-state index in [1.807, 2.05) is 12.1 Å². The van der Waals surface area contributed by atoms with Crippen molar-refractivity contribution < 1.29 is 14.3 Å². The van der Waals surface area contributed by atoms with Gasteiger partial charge in [0.1, 0.15) is 18.6 Å². The fraction of sp³-hybridized carbons (Fsp3) is 0.682. The van der Waals surface area contributed by atoms with Gasteiger partial charge in [-0.1, -0.05) is 71.1 Å². The van der Waals surface area contributed by atoms with Crippen LogP contribution in [0.5, 0.6) is 5.75 Å². The molecular formula is C22H36O3. The lowest BCUT2D eigenvalue weighted by atomic mass is 10.1. The number of benzene rings is 1. The van der Waals surface area contributed by atoms with E-state index in [0.29, 0.717) is 18.8 Å². The molecule has 0 aromatic heterocycles. The Balaban J connectivity index is 1.79. The molecule has 0 saturated carbocycles. The maximum Gasteiger partial charge on any atom is 0.150 e. The van der Waals surface area contributed by atoms with E-state index >= 15 is 0 Å². The highest BCUT2D eigenvalue weighted by Gasteiger charge is 1.96. The average Bonchev–Trinajstić information content (AvgIpc) is 2.65. The second-order valence-corrected chi connectivity index (χ2v) is 6.68. The standard InChI is InChI=1S/C22H36O3/c1-2-3-4-5-6-7-8-9-10-11-12-17-24-18-19-25-22-15-13-21(20-23)14-16-22/h13-16,20H,2-12,17-19H2,1H3. The molecule has 0 radical (unpaired) electrons. The van der Waals surface area contributed by atoms with E-state index in [4.69, 9.17) is 9.47 Å². The van der Waals surface area contributed by atoms with Crippen LogP contribution in [0.1, 0.15) is 87.9 Å². The van der Waals surface area contributed by atoms with Crippen LogP contribution in [0.25, 0.3) is 0 Å². The number of ether oxygens (including phenoxy) is 2. The summed E-state index contributed by atoms with van der Waals surface area (Å²) in [4.78, 5) is 10.6. The predicted octanol–water partition coefficient (Wildman–Crippen LogP) is 6.21. The molecule has 0 saturated heterocycles. The third kappa shape index (κ3) is 12.6. The summed E-state index contributed by atoms with van der Waals surface area (Å²) in [6.45, 7) is 4.27. The van der Waals surface area contributed by atoms with Gasteiger partial charge in [0.2, 0.25) is 0 Å². The minimum absolute atomic E-state index is 0.554. The van der Waals surface area contributed by atoms with Crippen LogP contribution in [0.3, 0.4) is 0 Å². The molecule has 0 spiro atoms. The fourth-order valence-corrected chi connectivity index (χ4v) is 2.83. The summed E-state index contributed by atoms with van der Waals surface area (Å²) in [6.07, 6.45) is 15.7. The smallest absolute Gasteiger partial charge is 0.150 e. The SMILES string of the molecule is CCCCCCCCCCCCCOCCOc1ccc(C=O)cc1. The van der Waals surface area contributed by atoms with Crippen molar-refractivity contribution in [3.8, 4) is 5.75 Å².